The summed E-state index contributed by atoms with van der Waals surface area (Å²) in [6.45, 7) is 1.33. The molecule has 0 aliphatic rings. The van der Waals surface area contributed by atoms with Crippen LogP contribution in [0.5, 0.6) is 0 Å². The Kier molecular flexibility index (Phi) is 5.67. The number of pyridine rings is 1. The highest BCUT2D eigenvalue weighted by Crippen LogP contribution is 2.09. The summed E-state index contributed by atoms with van der Waals surface area (Å²) in [4.78, 5) is 33.1. The molecule has 2 rings (SSSR count). The van der Waals surface area contributed by atoms with E-state index >= 15 is 0 Å². The number of aryl methyl sites for hydroxylation is 1. The van der Waals surface area contributed by atoms with Gasteiger partial charge in [-0.25, -0.2) is 9.78 Å². The van der Waals surface area contributed by atoms with Crippen LogP contribution in [0.4, 0.5) is 10.5 Å². The lowest BCUT2D eigenvalue weighted by molar-refractivity contribution is 0.0822. The van der Waals surface area contributed by atoms with Crippen LogP contribution in [0.3, 0.4) is 0 Å². The van der Waals surface area contributed by atoms with Crippen LogP contribution in [0.15, 0.2) is 37.1 Å². The van der Waals surface area contributed by atoms with Crippen LogP contribution in [0.2, 0.25) is 0 Å². The summed E-state index contributed by atoms with van der Waals surface area (Å²) in [7, 11) is 3.30. The third-order valence-corrected chi connectivity index (χ3v) is 3.08. The van der Waals surface area contributed by atoms with Crippen molar-refractivity contribution in [2.45, 2.75) is 13.0 Å². The summed E-state index contributed by atoms with van der Waals surface area (Å²) in [6, 6.07) is 2.87. The molecule has 0 unspecified atom stereocenters. The average molecular weight is 316 g/mol. The van der Waals surface area contributed by atoms with Crippen molar-refractivity contribution in [1.29, 1.82) is 0 Å². The Morgan fingerprint density at radius 3 is 2.83 bits per heavy atom. The summed E-state index contributed by atoms with van der Waals surface area (Å²) in [5, 5.41) is 5.46. The first-order chi connectivity index (χ1) is 11.1. The lowest BCUT2D eigenvalue weighted by Gasteiger charge is -2.11. The molecule has 2 aromatic heterocycles. The van der Waals surface area contributed by atoms with Crippen molar-refractivity contribution in [2.75, 3.05) is 26.0 Å². The van der Waals surface area contributed by atoms with E-state index in [4.69, 9.17) is 0 Å². The number of rotatable bonds is 6. The second kappa shape index (κ2) is 7.92. The fraction of sp³-hybridized carbons (Fsp3) is 0.333. The predicted molar refractivity (Wildman–Crippen MR) is 86.1 cm³/mol. The highest BCUT2D eigenvalue weighted by atomic mass is 16.2. The molecule has 0 aliphatic heterocycles. The third-order valence-electron chi connectivity index (χ3n) is 3.08. The topological polar surface area (TPSA) is 92.2 Å². The zero-order valence-electron chi connectivity index (χ0n) is 13.2. The molecule has 2 aromatic rings. The van der Waals surface area contributed by atoms with E-state index in [1.165, 1.54) is 11.1 Å². The van der Waals surface area contributed by atoms with Crippen molar-refractivity contribution in [2.24, 2.45) is 0 Å². The van der Waals surface area contributed by atoms with E-state index in [9.17, 15) is 9.59 Å². The minimum Gasteiger partial charge on any atom is -0.343 e. The Morgan fingerprint density at radius 2 is 2.13 bits per heavy atom. The van der Waals surface area contributed by atoms with Crippen LogP contribution in [0.1, 0.15) is 16.9 Å². The normalized spacial score (nSPS) is 10.2. The second-order valence-corrected chi connectivity index (χ2v) is 5.16. The molecule has 0 saturated heterocycles. The van der Waals surface area contributed by atoms with E-state index in [1.54, 1.807) is 38.8 Å². The van der Waals surface area contributed by atoms with Gasteiger partial charge < -0.3 is 20.1 Å². The van der Waals surface area contributed by atoms with Gasteiger partial charge in [-0.3, -0.25) is 9.78 Å². The lowest BCUT2D eigenvalue weighted by Crippen LogP contribution is -2.30. The van der Waals surface area contributed by atoms with E-state index in [2.05, 4.69) is 20.6 Å². The molecule has 0 aromatic carbocycles. The van der Waals surface area contributed by atoms with Crippen molar-refractivity contribution in [3.8, 4) is 0 Å². The van der Waals surface area contributed by atoms with Gasteiger partial charge in [-0.05, 0) is 18.6 Å². The summed E-state index contributed by atoms with van der Waals surface area (Å²) >= 11 is 0. The molecule has 0 radical (unpaired) electrons. The maximum Gasteiger partial charge on any atom is 0.319 e. The number of nitrogens with zero attached hydrogens (tertiary/aromatic N) is 4. The number of nitrogens with one attached hydrogen (secondary N) is 2. The summed E-state index contributed by atoms with van der Waals surface area (Å²) < 4.78 is 1.95. The van der Waals surface area contributed by atoms with Gasteiger partial charge in [0.15, 0.2) is 0 Å². The minimum atomic E-state index is -0.315. The Bertz CT molecular complexity index is 654. The van der Waals surface area contributed by atoms with Crippen molar-refractivity contribution < 1.29 is 9.59 Å². The first-order valence-electron chi connectivity index (χ1n) is 7.24. The Balaban J connectivity index is 1.78. The van der Waals surface area contributed by atoms with Gasteiger partial charge in [0.05, 0.1) is 6.33 Å². The molecule has 8 heteroatoms. The first kappa shape index (κ1) is 16.5. The molecule has 2 N–H and O–H groups in total. The highest BCUT2D eigenvalue weighted by molar-refractivity contribution is 5.94. The summed E-state index contributed by atoms with van der Waals surface area (Å²) in [6.07, 6.45) is 7.62. The number of anilines is 1. The first-order valence-corrected chi connectivity index (χ1v) is 7.24. The summed E-state index contributed by atoms with van der Waals surface area (Å²) in [5.41, 5.74) is 0.810. The van der Waals surface area contributed by atoms with Crippen LogP contribution in [-0.2, 0) is 6.54 Å². The number of carbonyl (C=O) groups is 2. The zero-order chi connectivity index (χ0) is 16.7. The van der Waals surface area contributed by atoms with Gasteiger partial charge in [-0.15, -0.1) is 0 Å². The molecule has 0 atom stereocenters. The Morgan fingerprint density at radius 1 is 1.30 bits per heavy atom. The number of carbonyl (C=O) groups excluding carboxylic acids is 2. The number of hydrogen-bond acceptors (Lipinski definition) is 4. The second-order valence-electron chi connectivity index (χ2n) is 5.16. The molecule has 0 aliphatic carbocycles. The molecule has 0 bridgehead atoms. The van der Waals surface area contributed by atoms with Crippen molar-refractivity contribution in [3.05, 3.63) is 42.7 Å². The van der Waals surface area contributed by atoms with Crippen LogP contribution >= 0.6 is 0 Å². The van der Waals surface area contributed by atoms with Gasteiger partial charge in [0.2, 0.25) is 0 Å². The van der Waals surface area contributed by atoms with E-state index < -0.39 is 0 Å². The van der Waals surface area contributed by atoms with Crippen LogP contribution in [0, 0.1) is 0 Å². The summed E-state index contributed by atoms with van der Waals surface area (Å²) in [5.74, 6) is -0.214. The van der Waals surface area contributed by atoms with Crippen LogP contribution in [0.25, 0.3) is 0 Å². The smallest absolute Gasteiger partial charge is 0.319 e. The fourth-order valence-electron chi connectivity index (χ4n) is 1.91. The standard InChI is InChI=1S/C15H20N6O2/c1-20(2)14(22)13-10-12(4-6-17-13)19-15(23)18-5-3-8-21-9-7-16-11-21/h4,6-7,9-11H,3,5,8H2,1-2H3,(H2,17,18,19,23). The fourth-order valence-corrected chi connectivity index (χ4v) is 1.91. The monoisotopic (exact) mass is 316 g/mol. The van der Waals surface area contributed by atoms with E-state index in [0.29, 0.717) is 12.2 Å². The number of urea groups is 1. The molecule has 0 saturated carbocycles. The number of amides is 3. The number of hydrogen-bond donors (Lipinski definition) is 2. The van der Waals surface area contributed by atoms with E-state index in [0.717, 1.165) is 13.0 Å². The average Bonchev–Trinajstić information content (AvgIpc) is 3.04. The maximum atomic E-state index is 11.8. The molecule has 8 nitrogen and oxygen atoms in total. The largest absolute Gasteiger partial charge is 0.343 e. The highest BCUT2D eigenvalue weighted by Gasteiger charge is 2.10. The van der Waals surface area contributed by atoms with Gasteiger partial charge in [0.1, 0.15) is 5.69 Å². The molecule has 0 spiro atoms. The van der Waals surface area contributed by atoms with E-state index in [-0.39, 0.29) is 17.6 Å². The number of aromatic nitrogens is 3. The van der Waals surface area contributed by atoms with Gasteiger partial charge in [-0.2, -0.15) is 0 Å². The van der Waals surface area contributed by atoms with Gasteiger partial charge in [0, 0.05) is 51.5 Å². The molecular formula is C15H20N6O2. The van der Waals surface area contributed by atoms with Crippen molar-refractivity contribution >= 4 is 17.6 Å². The van der Waals surface area contributed by atoms with Crippen LogP contribution < -0.4 is 10.6 Å². The molecule has 23 heavy (non-hydrogen) atoms. The molecule has 2 heterocycles. The minimum absolute atomic E-state index is 0.214. The molecule has 0 fully saturated rings. The molecule has 3 amide bonds. The van der Waals surface area contributed by atoms with Gasteiger partial charge in [0.25, 0.3) is 5.91 Å². The maximum absolute atomic E-state index is 11.8. The quantitative estimate of drug-likeness (QED) is 0.783. The zero-order valence-corrected chi connectivity index (χ0v) is 13.2. The van der Waals surface area contributed by atoms with Crippen molar-refractivity contribution in [1.82, 2.24) is 24.8 Å². The van der Waals surface area contributed by atoms with Crippen LogP contribution in [-0.4, -0.2) is 52.0 Å². The van der Waals surface area contributed by atoms with Crippen molar-refractivity contribution in [3.63, 3.8) is 0 Å². The van der Waals surface area contributed by atoms with Gasteiger partial charge >= 0.3 is 6.03 Å². The van der Waals surface area contributed by atoms with E-state index in [1.807, 2.05) is 10.8 Å². The Labute approximate surface area is 134 Å². The van der Waals surface area contributed by atoms with Gasteiger partial charge in [-0.1, -0.05) is 0 Å². The predicted octanol–water partition coefficient (Wildman–Crippen LogP) is 1.19. The number of imidazole rings is 1. The third kappa shape index (κ3) is 5.10. The Hall–Kier alpha value is -2.90. The molecular weight excluding hydrogens is 296 g/mol. The lowest BCUT2D eigenvalue weighted by atomic mass is 10.3. The SMILES string of the molecule is CN(C)C(=O)c1cc(NC(=O)NCCCn2ccnc2)ccn1. The molecule has 122 valence electrons.